The van der Waals surface area contributed by atoms with Crippen molar-refractivity contribution in [1.29, 1.82) is 0 Å². The molecule has 0 aromatic carbocycles. The van der Waals surface area contributed by atoms with Gasteiger partial charge in [0.25, 0.3) is 0 Å². The van der Waals surface area contributed by atoms with Gasteiger partial charge in [0.1, 0.15) is 11.9 Å². The lowest BCUT2D eigenvalue weighted by Gasteiger charge is -2.35. The molecule has 1 aliphatic rings. The molecule has 1 N–H and O–H groups in total. The lowest BCUT2D eigenvalue weighted by atomic mass is 10.3. The van der Waals surface area contributed by atoms with Crippen molar-refractivity contribution in [3.63, 3.8) is 0 Å². The van der Waals surface area contributed by atoms with Gasteiger partial charge in [0.15, 0.2) is 5.82 Å². The van der Waals surface area contributed by atoms with E-state index >= 15 is 0 Å². The highest BCUT2D eigenvalue weighted by atomic mass is 16.5. The van der Waals surface area contributed by atoms with Crippen molar-refractivity contribution in [2.75, 3.05) is 44.8 Å². The summed E-state index contributed by atoms with van der Waals surface area (Å²) in [6.07, 6.45) is 5.62. The predicted octanol–water partition coefficient (Wildman–Crippen LogP) is 0.641. The van der Waals surface area contributed by atoms with Crippen LogP contribution in [0.5, 0.6) is 0 Å². The van der Waals surface area contributed by atoms with Crippen LogP contribution in [0.15, 0.2) is 23.1 Å². The highest BCUT2D eigenvalue weighted by molar-refractivity contribution is 5.74. The van der Waals surface area contributed by atoms with Gasteiger partial charge in [-0.1, -0.05) is 5.16 Å². The van der Waals surface area contributed by atoms with Crippen molar-refractivity contribution in [3.05, 3.63) is 30.3 Å². The number of piperazine rings is 1. The summed E-state index contributed by atoms with van der Waals surface area (Å²) in [5, 5.41) is 6.79. The quantitative estimate of drug-likeness (QED) is 0.798. The number of anilines is 1. The molecule has 1 atom stereocenters. The first-order valence-corrected chi connectivity index (χ1v) is 8.55. The number of nitrogens with zero attached hydrogens (tertiary/aromatic N) is 6. The first-order chi connectivity index (χ1) is 12.7. The molecule has 2 aromatic heterocycles. The molecule has 1 fully saturated rings. The van der Waals surface area contributed by atoms with Crippen LogP contribution in [0, 0.1) is 0 Å². The van der Waals surface area contributed by atoms with Crippen LogP contribution in [0.2, 0.25) is 0 Å². The molecule has 26 heavy (non-hydrogen) atoms. The molecule has 3 heterocycles. The van der Waals surface area contributed by atoms with Gasteiger partial charge in [0, 0.05) is 52.1 Å². The van der Waals surface area contributed by atoms with Crippen LogP contribution in [-0.2, 0) is 11.2 Å². The summed E-state index contributed by atoms with van der Waals surface area (Å²) in [6.45, 7) is 4.98. The van der Waals surface area contributed by atoms with Crippen molar-refractivity contribution in [2.24, 2.45) is 0 Å². The second-order valence-electron chi connectivity index (χ2n) is 6.00. The number of methoxy groups -OCH3 is 1. The molecule has 0 aliphatic carbocycles. The molecule has 2 amide bonds. The average molecular weight is 361 g/mol. The number of nitrogens with one attached hydrogen (secondary N) is 1. The van der Waals surface area contributed by atoms with Gasteiger partial charge in [0.05, 0.1) is 12.8 Å². The van der Waals surface area contributed by atoms with Crippen LogP contribution in [0.4, 0.5) is 10.6 Å². The van der Waals surface area contributed by atoms with Gasteiger partial charge in [-0.3, -0.25) is 4.98 Å². The number of carbonyl (C=O) groups is 1. The van der Waals surface area contributed by atoms with Crippen LogP contribution in [0.1, 0.15) is 24.7 Å². The highest BCUT2D eigenvalue weighted by Gasteiger charge is 2.24. The average Bonchev–Trinajstić information content (AvgIpc) is 3.16. The van der Waals surface area contributed by atoms with Crippen LogP contribution in [0.3, 0.4) is 0 Å². The third-order valence-corrected chi connectivity index (χ3v) is 4.16. The number of amides is 2. The van der Waals surface area contributed by atoms with E-state index in [0.717, 1.165) is 5.82 Å². The Labute approximate surface area is 151 Å². The first-order valence-electron chi connectivity index (χ1n) is 8.55. The van der Waals surface area contributed by atoms with Crippen molar-refractivity contribution in [1.82, 2.24) is 30.3 Å². The van der Waals surface area contributed by atoms with Gasteiger partial charge in [-0.15, -0.1) is 0 Å². The molecule has 10 nitrogen and oxygen atoms in total. The maximum Gasteiger partial charge on any atom is 0.318 e. The lowest BCUT2D eigenvalue weighted by Crippen LogP contribution is -2.52. The molecule has 140 valence electrons. The summed E-state index contributed by atoms with van der Waals surface area (Å²) in [4.78, 5) is 29.0. The number of urea groups is 1. The normalized spacial score (nSPS) is 15.8. The minimum atomic E-state index is -0.357. The Kier molecular flexibility index (Phi) is 5.95. The second kappa shape index (κ2) is 8.56. The Hall–Kier alpha value is -2.75. The number of carbonyl (C=O) groups excluding carboxylic acids is 1. The molecule has 0 spiro atoms. The SMILES string of the molecule is COCCc1noc([C@@H](C)NC(=O)N2CCN(c3cnccn3)CC2)n1. The Morgan fingerprint density at radius 1 is 1.35 bits per heavy atom. The number of hydrogen-bond donors (Lipinski definition) is 1. The summed E-state index contributed by atoms with van der Waals surface area (Å²) >= 11 is 0. The molecule has 2 aromatic rings. The Morgan fingerprint density at radius 2 is 2.15 bits per heavy atom. The second-order valence-corrected chi connectivity index (χ2v) is 6.00. The zero-order valence-corrected chi connectivity index (χ0v) is 15.0. The lowest BCUT2D eigenvalue weighted by molar-refractivity contribution is 0.188. The number of rotatable bonds is 6. The molecule has 0 radical (unpaired) electrons. The van der Waals surface area contributed by atoms with Gasteiger partial charge < -0.3 is 24.4 Å². The zero-order chi connectivity index (χ0) is 18.4. The fourth-order valence-electron chi connectivity index (χ4n) is 2.67. The van der Waals surface area contributed by atoms with E-state index in [9.17, 15) is 4.79 Å². The minimum absolute atomic E-state index is 0.145. The fraction of sp³-hybridized carbons (Fsp3) is 0.562. The van der Waals surface area contributed by atoms with Crippen LogP contribution >= 0.6 is 0 Å². The maximum atomic E-state index is 12.5. The summed E-state index contributed by atoms with van der Waals surface area (Å²) in [7, 11) is 1.62. The monoisotopic (exact) mass is 361 g/mol. The van der Waals surface area contributed by atoms with Crippen molar-refractivity contribution >= 4 is 11.8 Å². The zero-order valence-electron chi connectivity index (χ0n) is 15.0. The highest BCUT2D eigenvalue weighted by Crippen LogP contribution is 2.14. The number of aromatic nitrogens is 4. The van der Waals surface area contributed by atoms with E-state index in [0.29, 0.717) is 50.9 Å². The van der Waals surface area contributed by atoms with E-state index in [4.69, 9.17) is 9.26 Å². The predicted molar refractivity (Wildman–Crippen MR) is 92.6 cm³/mol. The van der Waals surface area contributed by atoms with Crippen molar-refractivity contribution in [3.8, 4) is 0 Å². The fourth-order valence-corrected chi connectivity index (χ4v) is 2.67. The standard InChI is InChI=1S/C16H23N7O3/c1-12(15-20-13(21-26-15)3-10-25-2)19-16(24)23-8-6-22(7-9-23)14-11-17-4-5-18-14/h4-5,11-12H,3,6-10H2,1-2H3,(H,19,24)/t12-/m1/s1. The van der Waals surface area contributed by atoms with Gasteiger partial charge >= 0.3 is 6.03 Å². The van der Waals surface area contributed by atoms with E-state index < -0.39 is 0 Å². The van der Waals surface area contributed by atoms with Crippen LogP contribution in [0.25, 0.3) is 0 Å². The smallest absolute Gasteiger partial charge is 0.318 e. The molecule has 3 rings (SSSR count). The molecule has 1 aliphatic heterocycles. The summed E-state index contributed by atoms with van der Waals surface area (Å²) in [6, 6.07) is -0.503. The first kappa shape index (κ1) is 18.1. The largest absolute Gasteiger partial charge is 0.384 e. The Morgan fingerprint density at radius 3 is 2.85 bits per heavy atom. The maximum absolute atomic E-state index is 12.5. The van der Waals surface area contributed by atoms with Crippen molar-refractivity contribution in [2.45, 2.75) is 19.4 Å². The van der Waals surface area contributed by atoms with E-state index in [1.54, 1.807) is 30.6 Å². The van der Waals surface area contributed by atoms with Crippen molar-refractivity contribution < 1.29 is 14.1 Å². The molecule has 0 unspecified atom stereocenters. The van der Waals surface area contributed by atoms with E-state index in [-0.39, 0.29) is 12.1 Å². The van der Waals surface area contributed by atoms with E-state index in [1.807, 2.05) is 6.92 Å². The van der Waals surface area contributed by atoms with Crippen LogP contribution < -0.4 is 10.2 Å². The molecular weight excluding hydrogens is 338 g/mol. The van der Waals surface area contributed by atoms with Crippen LogP contribution in [-0.4, -0.2) is 70.9 Å². The molecular formula is C16H23N7O3. The summed E-state index contributed by atoms with van der Waals surface area (Å²) in [5.41, 5.74) is 0. The van der Waals surface area contributed by atoms with E-state index in [1.165, 1.54) is 0 Å². The molecule has 0 bridgehead atoms. The van der Waals surface area contributed by atoms with E-state index in [2.05, 4.69) is 30.3 Å². The van der Waals surface area contributed by atoms with Gasteiger partial charge in [0.2, 0.25) is 5.89 Å². The van der Waals surface area contributed by atoms with Gasteiger partial charge in [-0.2, -0.15) is 4.98 Å². The number of hydrogen-bond acceptors (Lipinski definition) is 8. The summed E-state index contributed by atoms with van der Waals surface area (Å²) < 4.78 is 10.2. The van der Waals surface area contributed by atoms with Gasteiger partial charge in [-0.05, 0) is 6.92 Å². The Balaban J connectivity index is 1.48. The minimum Gasteiger partial charge on any atom is -0.384 e. The third kappa shape index (κ3) is 4.45. The molecule has 10 heteroatoms. The van der Waals surface area contributed by atoms with Gasteiger partial charge in [-0.25, -0.2) is 9.78 Å². The third-order valence-electron chi connectivity index (χ3n) is 4.16. The molecule has 1 saturated heterocycles. The summed E-state index contributed by atoms with van der Waals surface area (Å²) in [5.74, 6) is 1.79. The Bertz CT molecular complexity index is 701. The molecule has 0 saturated carbocycles. The number of ether oxygens (including phenoxy) is 1. The topological polar surface area (TPSA) is 110 Å².